The molecule has 1 atom stereocenters. The maximum atomic E-state index is 10.7. The van der Waals surface area contributed by atoms with E-state index in [4.69, 9.17) is 0 Å². The van der Waals surface area contributed by atoms with Crippen molar-refractivity contribution in [3.05, 3.63) is 41.0 Å². The van der Waals surface area contributed by atoms with Crippen LogP contribution >= 0.6 is 0 Å². The highest BCUT2D eigenvalue weighted by Gasteiger charge is 2.19. The van der Waals surface area contributed by atoms with Gasteiger partial charge in [-0.05, 0) is 61.3 Å². The maximum Gasteiger partial charge on any atom is 0.100 e. The third-order valence-corrected chi connectivity index (χ3v) is 4.70. The number of nitrogens with zero attached hydrogens (tertiary/aromatic N) is 1. The van der Waals surface area contributed by atoms with Crippen LogP contribution < -0.4 is 4.90 Å². The van der Waals surface area contributed by atoms with E-state index in [0.717, 1.165) is 31.4 Å². The Morgan fingerprint density at radius 1 is 1.10 bits per heavy atom. The summed E-state index contributed by atoms with van der Waals surface area (Å²) < 4.78 is 0. The largest absolute Gasteiger partial charge is 0.384 e. The summed E-state index contributed by atoms with van der Waals surface area (Å²) in [5.74, 6) is 0. The van der Waals surface area contributed by atoms with E-state index in [-0.39, 0.29) is 0 Å². The molecular weight excluding hydrogens is 246 g/mol. The Labute approximate surface area is 122 Å². The van der Waals surface area contributed by atoms with Crippen molar-refractivity contribution in [1.82, 2.24) is 0 Å². The molecule has 108 valence electrons. The minimum atomic E-state index is -0.398. The molecule has 0 spiro atoms. The van der Waals surface area contributed by atoms with Gasteiger partial charge in [-0.3, -0.25) is 0 Å². The lowest BCUT2D eigenvalue weighted by atomic mass is 9.93. The monoisotopic (exact) mass is 271 g/mol. The lowest BCUT2D eigenvalue weighted by Crippen LogP contribution is -2.24. The molecule has 2 heteroatoms. The van der Waals surface area contributed by atoms with Gasteiger partial charge in [-0.15, -0.1) is 0 Å². The highest BCUT2D eigenvalue weighted by Crippen LogP contribution is 2.33. The summed E-state index contributed by atoms with van der Waals surface area (Å²) in [7, 11) is 2.15. The van der Waals surface area contributed by atoms with Crippen molar-refractivity contribution in [3.8, 4) is 0 Å². The smallest absolute Gasteiger partial charge is 0.100 e. The molecule has 1 aliphatic carbocycles. The minimum absolute atomic E-state index is 0.398. The second-order valence-corrected chi connectivity index (χ2v) is 6.19. The van der Waals surface area contributed by atoms with E-state index in [2.05, 4.69) is 36.2 Å². The van der Waals surface area contributed by atoms with Gasteiger partial charge in [0.1, 0.15) is 6.10 Å². The van der Waals surface area contributed by atoms with Crippen LogP contribution in [0.2, 0.25) is 0 Å². The van der Waals surface area contributed by atoms with Crippen LogP contribution in [0.1, 0.15) is 55.8 Å². The Balaban J connectivity index is 1.84. The van der Waals surface area contributed by atoms with Crippen molar-refractivity contribution in [2.75, 3.05) is 18.5 Å². The van der Waals surface area contributed by atoms with E-state index < -0.39 is 6.10 Å². The molecule has 0 fully saturated rings. The number of aliphatic hydroxyl groups excluding tert-OH is 1. The van der Waals surface area contributed by atoms with E-state index in [0.29, 0.717) is 0 Å². The molecule has 2 nitrogen and oxygen atoms in total. The van der Waals surface area contributed by atoms with E-state index >= 15 is 0 Å². The van der Waals surface area contributed by atoms with Gasteiger partial charge in [-0.2, -0.15) is 0 Å². The number of anilines is 1. The van der Waals surface area contributed by atoms with Crippen molar-refractivity contribution in [3.63, 3.8) is 0 Å². The number of aryl methyl sites for hydroxylation is 1. The van der Waals surface area contributed by atoms with E-state index in [1.54, 1.807) is 0 Å². The molecule has 0 bridgehead atoms. The molecule has 1 aromatic carbocycles. The van der Waals surface area contributed by atoms with Gasteiger partial charge in [0.25, 0.3) is 0 Å². The van der Waals surface area contributed by atoms with E-state index in [1.165, 1.54) is 42.5 Å². The van der Waals surface area contributed by atoms with Crippen LogP contribution in [0.25, 0.3) is 0 Å². The maximum absolute atomic E-state index is 10.7. The van der Waals surface area contributed by atoms with Crippen molar-refractivity contribution in [2.24, 2.45) is 0 Å². The third-order valence-electron chi connectivity index (χ3n) is 4.70. The lowest BCUT2D eigenvalue weighted by molar-refractivity contribution is 0.210. The highest BCUT2D eigenvalue weighted by atomic mass is 16.3. The molecule has 2 aliphatic rings. The Hall–Kier alpha value is -1.28. The van der Waals surface area contributed by atoms with E-state index in [9.17, 15) is 5.11 Å². The molecule has 0 amide bonds. The molecule has 0 saturated carbocycles. The summed E-state index contributed by atoms with van der Waals surface area (Å²) in [4.78, 5) is 2.32. The molecule has 1 N–H and O–H groups in total. The van der Waals surface area contributed by atoms with Crippen molar-refractivity contribution >= 4 is 5.69 Å². The van der Waals surface area contributed by atoms with Crippen molar-refractivity contribution < 1.29 is 5.11 Å². The van der Waals surface area contributed by atoms with Crippen LogP contribution in [0.5, 0.6) is 0 Å². The second-order valence-electron chi connectivity index (χ2n) is 6.19. The standard InChI is InChI=1S/C18H25NO/c1-19-12-6-9-15-13-16(10-11-17(15)19)18(20)14-7-4-2-3-5-8-14/h7,10-11,13,18,20H,2-6,8-9,12H2,1H3. The van der Waals surface area contributed by atoms with Gasteiger partial charge in [0.05, 0.1) is 0 Å². The van der Waals surface area contributed by atoms with Crippen molar-refractivity contribution in [1.29, 1.82) is 0 Å². The number of benzene rings is 1. The zero-order valence-corrected chi connectivity index (χ0v) is 12.4. The first kappa shape index (κ1) is 13.7. The summed E-state index contributed by atoms with van der Waals surface area (Å²) in [6, 6.07) is 6.52. The molecule has 3 rings (SSSR count). The number of hydrogen-bond donors (Lipinski definition) is 1. The molecule has 1 aromatic rings. The van der Waals surface area contributed by atoms with E-state index in [1.807, 2.05) is 0 Å². The summed E-state index contributed by atoms with van der Waals surface area (Å²) in [6.07, 6.45) is 10.2. The van der Waals surface area contributed by atoms with Gasteiger partial charge >= 0.3 is 0 Å². The molecule has 20 heavy (non-hydrogen) atoms. The highest BCUT2D eigenvalue weighted by molar-refractivity contribution is 5.56. The van der Waals surface area contributed by atoms with Crippen LogP contribution in [-0.4, -0.2) is 18.7 Å². The SMILES string of the molecule is CN1CCCc2cc(C(O)C3=CCCCCC3)ccc21. The first-order valence-corrected chi connectivity index (χ1v) is 7.96. The van der Waals surface area contributed by atoms with Gasteiger partial charge in [0, 0.05) is 19.3 Å². The fourth-order valence-corrected chi connectivity index (χ4v) is 3.48. The predicted octanol–water partition coefficient (Wildman–Crippen LogP) is 3.99. The number of rotatable bonds is 2. The summed E-state index contributed by atoms with van der Waals surface area (Å²) in [5.41, 5.74) is 5.03. The van der Waals surface area contributed by atoms with Gasteiger partial charge in [-0.25, -0.2) is 0 Å². The van der Waals surface area contributed by atoms with Crippen LogP contribution in [0.15, 0.2) is 29.8 Å². The zero-order valence-electron chi connectivity index (χ0n) is 12.4. The summed E-state index contributed by atoms with van der Waals surface area (Å²) in [6.45, 7) is 1.14. The number of aliphatic hydroxyl groups is 1. The van der Waals surface area contributed by atoms with Gasteiger partial charge in [0.2, 0.25) is 0 Å². The van der Waals surface area contributed by atoms with Gasteiger partial charge < -0.3 is 10.0 Å². The topological polar surface area (TPSA) is 23.5 Å². The zero-order chi connectivity index (χ0) is 13.9. The van der Waals surface area contributed by atoms with Crippen LogP contribution in [-0.2, 0) is 6.42 Å². The average Bonchev–Trinajstić information content (AvgIpc) is 2.75. The fraction of sp³-hybridized carbons (Fsp3) is 0.556. The summed E-state index contributed by atoms with van der Waals surface area (Å²) in [5, 5.41) is 10.7. The molecule has 0 radical (unpaired) electrons. The van der Waals surface area contributed by atoms with Crippen LogP contribution in [0.4, 0.5) is 5.69 Å². The van der Waals surface area contributed by atoms with Gasteiger partial charge in [-0.1, -0.05) is 24.6 Å². The van der Waals surface area contributed by atoms with Crippen molar-refractivity contribution in [2.45, 2.75) is 51.0 Å². The minimum Gasteiger partial charge on any atom is -0.384 e. The average molecular weight is 271 g/mol. The fourth-order valence-electron chi connectivity index (χ4n) is 3.48. The molecule has 1 heterocycles. The molecule has 0 saturated heterocycles. The quantitative estimate of drug-likeness (QED) is 0.822. The number of hydrogen-bond acceptors (Lipinski definition) is 2. The first-order valence-electron chi connectivity index (χ1n) is 7.96. The molecule has 0 aromatic heterocycles. The van der Waals surface area contributed by atoms with Gasteiger partial charge in [0.15, 0.2) is 0 Å². The summed E-state index contributed by atoms with van der Waals surface area (Å²) >= 11 is 0. The Morgan fingerprint density at radius 2 is 2.00 bits per heavy atom. The first-order chi connectivity index (χ1) is 9.75. The Bertz CT molecular complexity index is 506. The molecule has 1 unspecified atom stereocenters. The Kier molecular flexibility index (Phi) is 4.11. The van der Waals surface area contributed by atoms with Crippen LogP contribution in [0, 0.1) is 0 Å². The number of allylic oxidation sites excluding steroid dienone is 1. The third kappa shape index (κ3) is 2.76. The predicted molar refractivity (Wildman–Crippen MR) is 84.2 cm³/mol. The Morgan fingerprint density at radius 3 is 2.90 bits per heavy atom. The van der Waals surface area contributed by atoms with Crippen LogP contribution in [0.3, 0.4) is 0 Å². The molecular formula is C18H25NO. The lowest BCUT2D eigenvalue weighted by Gasteiger charge is -2.28. The second kappa shape index (κ2) is 6.01. The normalized spacial score (nSPS) is 20.9. The number of fused-ring (bicyclic) bond motifs is 1. The molecule has 1 aliphatic heterocycles.